The second-order valence-electron chi connectivity index (χ2n) is 22.6. The maximum Gasteiger partial charge on any atom is 0.317 e. The van der Waals surface area contributed by atoms with Crippen molar-refractivity contribution in [2.24, 2.45) is 35.5 Å². The zero-order chi connectivity index (χ0) is 62.7. The Bertz CT molecular complexity index is 2100. The van der Waals surface area contributed by atoms with E-state index in [4.69, 9.17) is 24.1 Å². The van der Waals surface area contributed by atoms with Crippen LogP contribution in [-0.2, 0) is 62.1 Å². The molecule has 0 amide bonds. The van der Waals surface area contributed by atoms with Gasteiger partial charge in [-0.25, -0.2) is 0 Å². The average molecular weight is 1200 g/mol. The number of carboxylic acids is 4. The Labute approximate surface area is 507 Å². The molecule has 1 aliphatic rings. The minimum absolute atomic E-state index is 0.0223. The molecule has 17 nitrogen and oxygen atoms in total. The molecule has 7 unspecified atom stereocenters. The Morgan fingerprint density at radius 2 is 0.965 bits per heavy atom. The first kappa shape index (κ1) is 76.9. The standard InChI is InChI=1S/C68H106O17/c1-4-7-9-25-34-42-54(58(67(79)80)49-61(71)72)43-35-28-23-24-31-39-47-64(75)84-56(51-82-62(73)45-37-29-21-17-13-11-10-12-15-19-26-33-40-53(6-3)57(66(77)78)48-60(69)70)52-83-63(74)46-38-30-22-18-14-16-20-27-36-44-55(41-32-8-5-2)59-50-65(76)85-68(59)81/h10,12,19-20,26-27,33,35-36,40,43-44,53-59H,4-9,11,13-18,21-25,28-32,34,37-39,41-42,45-52H2,1-3H3,(H,69,70)(H,71,72)(H,77,78)(H,79,80)/b12-10-,26-19-,27-20-,40-33+,43-35+,44-36+. The fourth-order valence-corrected chi connectivity index (χ4v) is 10.3. The first-order valence-corrected chi connectivity index (χ1v) is 32.1. The van der Waals surface area contributed by atoms with Gasteiger partial charge in [-0.1, -0.05) is 196 Å². The first-order valence-electron chi connectivity index (χ1n) is 32.1. The van der Waals surface area contributed by atoms with E-state index in [1.165, 1.54) is 0 Å². The lowest BCUT2D eigenvalue weighted by Crippen LogP contribution is -2.30. The van der Waals surface area contributed by atoms with E-state index in [0.29, 0.717) is 44.9 Å². The summed E-state index contributed by atoms with van der Waals surface area (Å²) >= 11 is 0. The summed E-state index contributed by atoms with van der Waals surface area (Å²) in [6.07, 6.45) is 47.3. The molecule has 1 saturated heterocycles. The Morgan fingerprint density at radius 3 is 1.51 bits per heavy atom. The highest BCUT2D eigenvalue weighted by Crippen LogP contribution is 2.30. The zero-order valence-electron chi connectivity index (χ0n) is 51.7. The van der Waals surface area contributed by atoms with Crippen LogP contribution in [0.4, 0.5) is 0 Å². The van der Waals surface area contributed by atoms with Crippen LogP contribution in [0.25, 0.3) is 0 Å². The molecule has 0 spiro atoms. The van der Waals surface area contributed by atoms with Crippen molar-refractivity contribution in [2.45, 2.75) is 252 Å². The van der Waals surface area contributed by atoms with Gasteiger partial charge in [-0.3, -0.25) is 43.2 Å². The number of carbonyl (C=O) groups excluding carboxylic acids is 5. The number of aliphatic carboxylic acids is 4. The van der Waals surface area contributed by atoms with Crippen LogP contribution < -0.4 is 0 Å². The maximum absolute atomic E-state index is 13.0. The van der Waals surface area contributed by atoms with Crippen molar-refractivity contribution in [3.05, 3.63) is 72.9 Å². The molecule has 7 atom stereocenters. The zero-order valence-corrected chi connectivity index (χ0v) is 51.7. The van der Waals surface area contributed by atoms with Crippen molar-refractivity contribution < 1.29 is 82.5 Å². The van der Waals surface area contributed by atoms with Crippen LogP contribution in [0, 0.1) is 35.5 Å². The smallest absolute Gasteiger partial charge is 0.317 e. The van der Waals surface area contributed by atoms with E-state index in [9.17, 15) is 58.5 Å². The largest absolute Gasteiger partial charge is 0.481 e. The Balaban J connectivity index is 2.62. The average Bonchev–Trinajstić information content (AvgIpc) is 3.95. The summed E-state index contributed by atoms with van der Waals surface area (Å²) in [5, 5.41) is 37.6. The predicted octanol–water partition coefficient (Wildman–Crippen LogP) is 15.2. The number of cyclic esters (lactones) is 2. The van der Waals surface area contributed by atoms with Gasteiger partial charge in [-0.15, -0.1) is 0 Å². The molecule has 17 heteroatoms. The SMILES string of the molecule is CCCCCCCC(/C=C/CCCCCCC(=O)OC(COC(=O)CCCCCCC/C=C\C=C\C(CCCCC)C1CC(=O)OC1=O)COC(=O)CCCCCCC/C=C\C/C=C\C=C\C(CC)C(CC(=O)O)C(=O)O)C(CC(=O)O)C(=O)O. The van der Waals surface area contributed by atoms with Gasteiger partial charge in [-0.2, -0.15) is 0 Å². The first-order chi connectivity index (χ1) is 41.0. The summed E-state index contributed by atoms with van der Waals surface area (Å²) in [7, 11) is 0. The molecule has 0 aromatic rings. The van der Waals surface area contributed by atoms with E-state index in [1.54, 1.807) is 12.2 Å². The van der Waals surface area contributed by atoms with Gasteiger partial charge in [0, 0.05) is 19.3 Å². The summed E-state index contributed by atoms with van der Waals surface area (Å²) in [5.41, 5.74) is 0. The van der Waals surface area contributed by atoms with E-state index in [0.717, 1.165) is 141 Å². The topological polar surface area (TPSA) is 271 Å². The van der Waals surface area contributed by atoms with Gasteiger partial charge in [0.1, 0.15) is 13.2 Å². The summed E-state index contributed by atoms with van der Waals surface area (Å²) in [6, 6.07) is 0. The minimum Gasteiger partial charge on any atom is -0.481 e. The third-order valence-electron chi connectivity index (χ3n) is 15.3. The molecule has 0 bridgehead atoms. The number of ether oxygens (including phenoxy) is 4. The molecule has 0 aromatic carbocycles. The summed E-state index contributed by atoms with van der Waals surface area (Å²) in [4.78, 5) is 109. The van der Waals surface area contributed by atoms with E-state index in [1.807, 2.05) is 49.5 Å². The second-order valence-corrected chi connectivity index (χ2v) is 22.6. The van der Waals surface area contributed by atoms with Gasteiger partial charge in [0.2, 0.25) is 0 Å². The quantitative estimate of drug-likeness (QED) is 0.0110. The molecular weight excluding hydrogens is 1090 g/mol. The molecule has 4 N–H and O–H groups in total. The third kappa shape index (κ3) is 41.5. The number of rotatable bonds is 55. The van der Waals surface area contributed by atoms with Crippen molar-refractivity contribution in [3.63, 3.8) is 0 Å². The van der Waals surface area contributed by atoms with Gasteiger partial charge in [-0.05, 0) is 101 Å². The number of hydrogen-bond donors (Lipinski definition) is 4. The number of esters is 5. The molecule has 0 aromatic heterocycles. The molecule has 480 valence electrons. The monoisotopic (exact) mass is 1190 g/mol. The summed E-state index contributed by atoms with van der Waals surface area (Å²) < 4.78 is 21.5. The fourth-order valence-electron chi connectivity index (χ4n) is 10.3. The highest BCUT2D eigenvalue weighted by atomic mass is 16.6. The van der Waals surface area contributed by atoms with E-state index in [2.05, 4.69) is 32.1 Å². The highest BCUT2D eigenvalue weighted by molar-refractivity contribution is 5.95. The van der Waals surface area contributed by atoms with Crippen LogP contribution in [0.5, 0.6) is 0 Å². The van der Waals surface area contributed by atoms with Gasteiger partial charge in [0.05, 0.1) is 37.0 Å². The van der Waals surface area contributed by atoms with Crippen molar-refractivity contribution >= 4 is 53.7 Å². The molecule has 0 saturated carbocycles. The Morgan fingerprint density at radius 1 is 0.494 bits per heavy atom. The van der Waals surface area contributed by atoms with Crippen molar-refractivity contribution in [2.75, 3.05) is 13.2 Å². The minimum atomic E-state index is -1.13. The van der Waals surface area contributed by atoms with Crippen LogP contribution >= 0.6 is 0 Å². The van der Waals surface area contributed by atoms with Crippen molar-refractivity contribution in [1.82, 2.24) is 0 Å². The maximum atomic E-state index is 13.0. The molecule has 1 fully saturated rings. The third-order valence-corrected chi connectivity index (χ3v) is 15.3. The van der Waals surface area contributed by atoms with E-state index >= 15 is 0 Å². The van der Waals surface area contributed by atoms with Crippen molar-refractivity contribution in [3.8, 4) is 0 Å². The molecule has 1 heterocycles. The van der Waals surface area contributed by atoms with Crippen LogP contribution in [0.2, 0.25) is 0 Å². The van der Waals surface area contributed by atoms with Crippen LogP contribution in [0.1, 0.15) is 245 Å². The molecule has 0 radical (unpaired) electrons. The summed E-state index contributed by atoms with van der Waals surface area (Å²) in [6.45, 7) is 5.60. The molecular formula is C68H106O17. The van der Waals surface area contributed by atoms with Crippen LogP contribution in [0.3, 0.4) is 0 Å². The molecule has 85 heavy (non-hydrogen) atoms. The van der Waals surface area contributed by atoms with Crippen LogP contribution in [0.15, 0.2) is 72.9 Å². The number of carboxylic acid groups (broad SMARTS) is 4. The number of allylic oxidation sites excluding steroid dienone is 12. The van der Waals surface area contributed by atoms with Gasteiger partial charge in [0.15, 0.2) is 6.10 Å². The van der Waals surface area contributed by atoms with Crippen LogP contribution in [-0.4, -0.2) is 93.5 Å². The molecule has 0 aliphatic carbocycles. The van der Waals surface area contributed by atoms with E-state index < -0.39 is 90.4 Å². The second kappa shape index (κ2) is 51.1. The van der Waals surface area contributed by atoms with E-state index in [-0.39, 0.29) is 56.7 Å². The Kier molecular flexibility index (Phi) is 46.2. The summed E-state index contributed by atoms with van der Waals surface area (Å²) in [5.74, 6) is -9.81. The van der Waals surface area contributed by atoms with Gasteiger partial charge < -0.3 is 39.4 Å². The molecule has 1 aliphatic heterocycles. The Hall–Kier alpha value is -6.13. The lowest BCUT2D eigenvalue weighted by atomic mass is 9.84. The van der Waals surface area contributed by atoms with Gasteiger partial charge in [0.25, 0.3) is 0 Å². The van der Waals surface area contributed by atoms with Gasteiger partial charge >= 0.3 is 53.7 Å². The number of unbranched alkanes of at least 4 members (excludes halogenated alkanes) is 20. The van der Waals surface area contributed by atoms with Crippen molar-refractivity contribution in [1.29, 1.82) is 0 Å². The number of hydrogen-bond acceptors (Lipinski definition) is 13. The normalized spacial score (nSPS) is 15.9. The predicted molar refractivity (Wildman–Crippen MR) is 328 cm³/mol. The fraction of sp³-hybridized carbons (Fsp3) is 0.691. The lowest BCUT2D eigenvalue weighted by Gasteiger charge is -2.20. The number of carbonyl (C=O) groups is 9. The lowest BCUT2D eigenvalue weighted by molar-refractivity contribution is -0.167. The highest BCUT2D eigenvalue weighted by Gasteiger charge is 2.38. The molecule has 1 rings (SSSR count).